The molecule has 3 rings (SSSR count). The van der Waals surface area contributed by atoms with Gasteiger partial charge in [-0.05, 0) is 43.3 Å². The fourth-order valence-electron chi connectivity index (χ4n) is 3.09. The molecule has 3 aromatic carbocycles. The third kappa shape index (κ3) is 6.36. The summed E-state index contributed by atoms with van der Waals surface area (Å²) in [4.78, 5) is 12.7. The molecule has 7 nitrogen and oxygen atoms in total. The van der Waals surface area contributed by atoms with Crippen molar-refractivity contribution >= 4 is 45.3 Å². The van der Waals surface area contributed by atoms with Crippen LogP contribution in [0.3, 0.4) is 0 Å². The van der Waals surface area contributed by atoms with Gasteiger partial charge in [0, 0.05) is 27.7 Å². The fraction of sp³-hybridized carbons (Fsp3) is 0.167. The summed E-state index contributed by atoms with van der Waals surface area (Å²) in [6, 6.07) is 18.4. The number of nitrogens with one attached hydrogen (secondary N) is 1. The van der Waals surface area contributed by atoms with Crippen molar-refractivity contribution in [2.75, 3.05) is 13.7 Å². The van der Waals surface area contributed by atoms with Crippen molar-refractivity contribution in [2.24, 2.45) is 5.10 Å². The molecule has 0 saturated heterocycles. The minimum atomic E-state index is -4.05. The second kappa shape index (κ2) is 11.5. The van der Waals surface area contributed by atoms with Crippen molar-refractivity contribution in [3.05, 3.63) is 93.5 Å². The van der Waals surface area contributed by atoms with Crippen LogP contribution in [0.25, 0.3) is 0 Å². The van der Waals surface area contributed by atoms with E-state index in [4.69, 9.17) is 27.9 Å². The maximum absolute atomic E-state index is 13.4. The molecule has 34 heavy (non-hydrogen) atoms. The van der Waals surface area contributed by atoms with Crippen LogP contribution in [-0.4, -0.2) is 38.5 Å². The molecule has 10 heteroatoms. The van der Waals surface area contributed by atoms with Crippen LogP contribution in [0.15, 0.2) is 76.7 Å². The van der Waals surface area contributed by atoms with E-state index in [2.05, 4.69) is 10.5 Å². The van der Waals surface area contributed by atoms with E-state index >= 15 is 0 Å². The van der Waals surface area contributed by atoms with Crippen LogP contribution in [0.1, 0.15) is 16.7 Å². The van der Waals surface area contributed by atoms with Gasteiger partial charge in [-0.1, -0.05) is 59.1 Å². The Morgan fingerprint density at radius 1 is 1.03 bits per heavy atom. The number of aryl methyl sites for hydroxylation is 1. The van der Waals surface area contributed by atoms with E-state index in [-0.39, 0.29) is 11.4 Å². The molecule has 0 fully saturated rings. The van der Waals surface area contributed by atoms with Crippen molar-refractivity contribution < 1.29 is 17.9 Å². The molecule has 0 saturated carbocycles. The van der Waals surface area contributed by atoms with Gasteiger partial charge >= 0.3 is 0 Å². The van der Waals surface area contributed by atoms with Crippen LogP contribution < -0.4 is 10.2 Å². The molecule has 178 valence electrons. The zero-order chi connectivity index (χ0) is 24.7. The lowest BCUT2D eigenvalue weighted by atomic mass is 10.2. The van der Waals surface area contributed by atoms with Gasteiger partial charge in [-0.15, -0.1) is 0 Å². The van der Waals surface area contributed by atoms with E-state index in [1.807, 2.05) is 13.0 Å². The summed E-state index contributed by atoms with van der Waals surface area (Å²) in [5, 5.41) is 4.53. The van der Waals surface area contributed by atoms with Gasteiger partial charge in [0.05, 0.1) is 24.8 Å². The van der Waals surface area contributed by atoms with Crippen molar-refractivity contribution in [1.29, 1.82) is 0 Å². The van der Waals surface area contributed by atoms with Gasteiger partial charge in [-0.2, -0.15) is 9.41 Å². The number of ether oxygens (including phenoxy) is 1. The molecule has 0 unspecified atom stereocenters. The first-order valence-corrected chi connectivity index (χ1v) is 12.4. The second-order valence-corrected chi connectivity index (χ2v) is 10.1. The number of halogens is 2. The van der Waals surface area contributed by atoms with Crippen molar-refractivity contribution in [3.63, 3.8) is 0 Å². The quantitative estimate of drug-likeness (QED) is 0.329. The summed E-state index contributed by atoms with van der Waals surface area (Å²) in [7, 11) is -2.52. The molecule has 0 aliphatic heterocycles. The molecule has 0 bridgehead atoms. The van der Waals surface area contributed by atoms with Gasteiger partial charge in [-0.25, -0.2) is 13.8 Å². The number of nitrogens with zero attached hydrogens (tertiary/aromatic N) is 2. The maximum Gasteiger partial charge on any atom is 0.255 e. The lowest BCUT2D eigenvalue weighted by Crippen LogP contribution is -2.39. The Hall–Kier alpha value is -2.91. The van der Waals surface area contributed by atoms with Crippen LogP contribution in [0.2, 0.25) is 10.0 Å². The fourth-order valence-corrected chi connectivity index (χ4v) is 4.97. The molecular formula is C24H23Cl2N3O4S. The van der Waals surface area contributed by atoms with Gasteiger partial charge in [-0.3, -0.25) is 4.79 Å². The number of benzene rings is 3. The van der Waals surface area contributed by atoms with E-state index in [1.165, 1.54) is 25.5 Å². The highest BCUT2D eigenvalue weighted by molar-refractivity contribution is 7.89. The number of amides is 1. The largest absolute Gasteiger partial charge is 0.496 e. The molecule has 0 aromatic heterocycles. The van der Waals surface area contributed by atoms with Crippen LogP contribution in [-0.2, 0) is 21.4 Å². The molecule has 0 heterocycles. The Kier molecular flexibility index (Phi) is 8.68. The predicted molar refractivity (Wildman–Crippen MR) is 134 cm³/mol. The molecule has 0 aliphatic rings. The van der Waals surface area contributed by atoms with Crippen LogP contribution in [0, 0.1) is 6.92 Å². The number of hydrogen-bond acceptors (Lipinski definition) is 5. The molecule has 1 amide bonds. The summed E-state index contributed by atoms with van der Waals surface area (Å²) in [6.07, 6.45) is 1.42. The zero-order valence-electron chi connectivity index (χ0n) is 18.5. The predicted octanol–water partition coefficient (Wildman–Crippen LogP) is 4.65. The monoisotopic (exact) mass is 519 g/mol. The van der Waals surface area contributed by atoms with E-state index in [1.54, 1.807) is 48.5 Å². The number of carbonyl (C=O) groups is 1. The highest BCUT2D eigenvalue weighted by atomic mass is 35.5. The number of sulfonamides is 1. The first kappa shape index (κ1) is 25.7. The summed E-state index contributed by atoms with van der Waals surface area (Å²) in [5.74, 6) is -0.0533. The van der Waals surface area contributed by atoms with Gasteiger partial charge in [0.15, 0.2) is 0 Å². The average Bonchev–Trinajstić information content (AvgIpc) is 2.81. The SMILES string of the molecule is COc1ccccc1/C=N\NC(=O)CN(Cc1c(Cl)cccc1Cl)S(=O)(=O)c1ccc(C)cc1. The zero-order valence-corrected chi connectivity index (χ0v) is 20.9. The number of hydrogen-bond donors (Lipinski definition) is 1. The molecule has 1 N–H and O–H groups in total. The number of rotatable bonds is 9. The lowest BCUT2D eigenvalue weighted by Gasteiger charge is -2.22. The minimum absolute atomic E-state index is 0.0478. The third-order valence-corrected chi connectivity index (χ3v) is 7.42. The van der Waals surface area contributed by atoms with Crippen LogP contribution >= 0.6 is 23.2 Å². The van der Waals surface area contributed by atoms with Crippen molar-refractivity contribution in [3.8, 4) is 5.75 Å². The number of carbonyl (C=O) groups excluding carboxylic acids is 1. The number of methoxy groups -OCH3 is 1. The normalized spacial score (nSPS) is 11.7. The highest BCUT2D eigenvalue weighted by Gasteiger charge is 2.28. The Morgan fingerprint density at radius 3 is 2.32 bits per heavy atom. The standard InChI is InChI=1S/C24H23Cl2N3O4S/c1-17-10-12-19(13-11-17)34(31,32)29(15-20-21(25)7-5-8-22(20)26)16-24(30)28-27-14-18-6-3-4-9-23(18)33-2/h3-14H,15-16H2,1-2H3,(H,28,30)/b27-14-. The lowest BCUT2D eigenvalue weighted by molar-refractivity contribution is -0.121. The van der Waals surface area contributed by atoms with Gasteiger partial charge in [0.25, 0.3) is 5.91 Å². The molecule has 0 spiro atoms. The Bertz CT molecular complexity index is 1280. The van der Waals surface area contributed by atoms with Crippen molar-refractivity contribution in [1.82, 2.24) is 9.73 Å². The average molecular weight is 520 g/mol. The summed E-state index contributed by atoms with van der Waals surface area (Å²) >= 11 is 12.5. The Labute approximate surface area is 209 Å². The van der Waals surface area contributed by atoms with E-state index in [9.17, 15) is 13.2 Å². The molecule has 0 radical (unpaired) electrons. The van der Waals surface area contributed by atoms with Crippen LogP contribution in [0.5, 0.6) is 5.75 Å². The van der Waals surface area contributed by atoms with Gasteiger partial charge in [0.1, 0.15) is 5.75 Å². The topological polar surface area (TPSA) is 88.1 Å². The molecule has 0 aliphatic carbocycles. The highest BCUT2D eigenvalue weighted by Crippen LogP contribution is 2.28. The van der Waals surface area contributed by atoms with Crippen molar-refractivity contribution in [2.45, 2.75) is 18.4 Å². The Balaban J connectivity index is 1.85. The summed E-state index contributed by atoms with van der Waals surface area (Å²) in [6.45, 7) is 1.16. The van der Waals surface area contributed by atoms with Gasteiger partial charge in [0.2, 0.25) is 10.0 Å². The Morgan fingerprint density at radius 2 is 1.68 bits per heavy atom. The number of hydrazone groups is 1. The summed E-state index contributed by atoms with van der Waals surface area (Å²) < 4.78 is 33.0. The second-order valence-electron chi connectivity index (χ2n) is 7.32. The molecular weight excluding hydrogens is 497 g/mol. The third-order valence-electron chi connectivity index (χ3n) is 4.91. The number of para-hydroxylation sites is 1. The summed E-state index contributed by atoms with van der Waals surface area (Å²) in [5.41, 5.74) is 4.31. The van der Waals surface area contributed by atoms with E-state index in [0.717, 1.165) is 9.87 Å². The van der Waals surface area contributed by atoms with Crippen LogP contribution in [0.4, 0.5) is 0 Å². The van der Waals surface area contributed by atoms with E-state index in [0.29, 0.717) is 26.9 Å². The maximum atomic E-state index is 13.4. The first-order valence-electron chi connectivity index (χ1n) is 10.2. The van der Waals surface area contributed by atoms with Gasteiger partial charge < -0.3 is 4.74 Å². The minimum Gasteiger partial charge on any atom is -0.496 e. The van der Waals surface area contributed by atoms with E-state index < -0.39 is 22.5 Å². The first-order chi connectivity index (χ1) is 16.2. The molecule has 3 aromatic rings. The smallest absolute Gasteiger partial charge is 0.255 e. The molecule has 0 atom stereocenters.